The molecule has 4 heterocycles. The van der Waals surface area contributed by atoms with Crippen molar-refractivity contribution < 1.29 is 19.1 Å². The zero-order valence-corrected chi connectivity index (χ0v) is 22.1. The fraction of sp³-hybridized carbons (Fsp3) is 0.161. The minimum Gasteiger partial charge on any atom is -0.346 e. The molecule has 200 valence electrons. The fourth-order valence-electron chi connectivity index (χ4n) is 6.71. The summed E-state index contributed by atoms with van der Waals surface area (Å²) in [5.41, 5.74) is 0.866. The van der Waals surface area contributed by atoms with Gasteiger partial charge in [-0.1, -0.05) is 78.3 Å². The van der Waals surface area contributed by atoms with E-state index in [0.717, 1.165) is 5.56 Å². The van der Waals surface area contributed by atoms with Gasteiger partial charge in [0.15, 0.2) is 0 Å². The zero-order chi connectivity index (χ0) is 27.9. The van der Waals surface area contributed by atoms with Crippen LogP contribution in [0.3, 0.4) is 0 Å². The monoisotopic (exact) mass is 561 g/mol. The highest BCUT2D eigenvalue weighted by Crippen LogP contribution is 2.58. The summed E-state index contributed by atoms with van der Waals surface area (Å²) in [5, 5.41) is 4.78. The number of halogens is 1. The molecule has 1 saturated heterocycles. The van der Waals surface area contributed by atoms with E-state index in [4.69, 9.17) is 16.3 Å². The zero-order valence-electron chi connectivity index (χ0n) is 21.3. The Balaban J connectivity index is 1.42. The third-order valence-corrected chi connectivity index (χ3v) is 8.60. The van der Waals surface area contributed by atoms with Crippen molar-refractivity contribution in [3.05, 3.63) is 130 Å². The van der Waals surface area contributed by atoms with Gasteiger partial charge in [0.25, 0.3) is 11.7 Å². The van der Waals surface area contributed by atoms with Gasteiger partial charge in [0, 0.05) is 28.9 Å². The van der Waals surface area contributed by atoms with Crippen LogP contribution in [0, 0.1) is 0 Å². The van der Waals surface area contributed by atoms with Gasteiger partial charge in [0.1, 0.15) is 12.4 Å². The Hall–Kier alpha value is -4.73. The third kappa shape index (κ3) is 3.21. The maximum Gasteiger partial charge on any atom is 0.258 e. The lowest BCUT2D eigenvalue weighted by Gasteiger charge is -2.40. The van der Waals surface area contributed by atoms with Gasteiger partial charge in [-0.25, -0.2) is 4.98 Å². The number of ketones is 2. The summed E-state index contributed by atoms with van der Waals surface area (Å²) in [4.78, 5) is 53.3. The maximum absolute atomic E-state index is 14.4. The van der Waals surface area contributed by atoms with Crippen molar-refractivity contribution in [2.75, 3.05) is 0 Å². The van der Waals surface area contributed by atoms with E-state index in [-0.39, 0.29) is 23.8 Å². The highest BCUT2D eigenvalue weighted by Gasteiger charge is 2.70. The van der Waals surface area contributed by atoms with Crippen molar-refractivity contribution in [3.8, 4) is 0 Å². The molecule has 3 aromatic carbocycles. The molecule has 1 fully saturated rings. The molecule has 41 heavy (non-hydrogen) atoms. The van der Waals surface area contributed by atoms with Gasteiger partial charge in [-0.3, -0.25) is 14.4 Å². The molecule has 0 radical (unpaired) electrons. The number of hydrogen-bond donors (Lipinski definition) is 0. The first kappa shape index (κ1) is 24.1. The predicted octanol–water partition coefficient (Wildman–Crippen LogP) is 4.48. The standard InChI is InChI=1S/C31H20ClN5O4/c32-19-10-6-9-18(13-19)23-25-26(41-31(23)27(38)20-11-4-5-12-21(20)28(31)39)24-22(14-33-30-34-16-35-37(24)30)29(40)36(25)15-17-7-2-1-3-8-17/h1-14,16,23,25-26H,15H2/t23-,25-,26+/m0/s1. The van der Waals surface area contributed by atoms with Crippen LogP contribution in [-0.2, 0) is 11.3 Å². The van der Waals surface area contributed by atoms with Gasteiger partial charge in [-0.2, -0.15) is 14.6 Å². The van der Waals surface area contributed by atoms with Crippen molar-refractivity contribution >= 4 is 34.9 Å². The first-order valence-electron chi connectivity index (χ1n) is 13.1. The molecule has 2 aromatic heterocycles. The fourth-order valence-corrected chi connectivity index (χ4v) is 6.90. The molecule has 1 aliphatic carbocycles. The highest BCUT2D eigenvalue weighted by atomic mass is 35.5. The van der Waals surface area contributed by atoms with Gasteiger partial charge < -0.3 is 9.64 Å². The Morgan fingerprint density at radius 3 is 2.32 bits per heavy atom. The van der Waals surface area contributed by atoms with E-state index in [2.05, 4.69) is 15.1 Å². The predicted molar refractivity (Wildman–Crippen MR) is 147 cm³/mol. The van der Waals surface area contributed by atoms with Crippen molar-refractivity contribution in [2.45, 2.75) is 30.2 Å². The van der Waals surface area contributed by atoms with Crippen molar-refractivity contribution in [2.24, 2.45) is 0 Å². The number of nitrogens with zero attached hydrogens (tertiary/aromatic N) is 5. The van der Waals surface area contributed by atoms with Crippen LogP contribution >= 0.6 is 11.6 Å². The normalized spacial score (nSPS) is 22.3. The number of hydrogen-bond acceptors (Lipinski definition) is 7. The van der Waals surface area contributed by atoms with E-state index < -0.39 is 35.2 Å². The van der Waals surface area contributed by atoms with Gasteiger partial charge >= 0.3 is 0 Å². The number of rotatable bonds is 3. The molecule has 1 spiro atoms. The van der Waals surface area contributed by atoms with Crippen LogP contribution in [0.2, 0.25) is 5.02 Å². The average molecular weight is 562 g/mol. The maximum atomic E-state index is 14.4. The summed E-state index contributed by atoms with van der Waals surface area (Å²) in [6, 6.07) is 22.6. The lowest BCUT2D eigenvalue weighted by Crippen LogP contribution is -2.52. The summed E-state index contributed by atoms with van der Waals surface area (Å²) < 4.78 is 8.26. The van der Waals surface area contributed by atoms with E-state index in [0.29, 0.717) is 27.4 Å². The topological polar surface area (TPSA) is 107 Å². The van der Waals surface area contributed by atoms with Gasteiger partial charge in [-0.15, -0.1) is 0 Å². The number of benzene rings is 3. The minimum atomic E-state index is -1.92. The molecule has 0 saturated carbocycles. The van der Waals surface area contributed by atoms with Crippen molar-refractivity contribution in [3.63, 3.8) is 0 Å². The van der Waals surface area contributed by atoms with Crippen LogP contribution in [0.5, 0.6) is 0 Å². The van der Waals surface area contributed by atoms with Crippen LogP contribution < -0.4 is 0 Å². The average Bonchev–Trinajstić information content (AvgIpc) is 3.67. The van der Waals surface area contributed by atoms with Crippen LogP contribution in [0.15, 0.2) is 91.4 Å². The third-order valence-electron chi connectivity index (χ3n) is 8.36. The Kier molecular flexibility index (Phi) is 5.07. The van der Waals surface area contributed by atoms with E-state index >= 15 is 0 Å². The molecule has 5 aromatic rings. The number of Topliss-reactive ketones (excluding diaryl/α,β-unsaturated/α-hetero) is 2. The second-order valence-electron chi connectivity index (χ2n) is 10.4. The SMILES string of the molecule is O=C1c2cnc3ncnn3c2[C@H]2OC3(C(=O)c4ccccc4C3=O)[C@@H](c3cccc(Cl)c3)[C@@H]2N1Cc1ccccc1. The summed E-state index contributed by atoms with van der Waals surface area (Å²) in [5.74, 6) is -1.77. The summed E-state index contributed by atoms with van der Waals surface area (Å²) in [7, 11) is 0. The Bertz CT molecular complexity index is 1890. The number of amides is 1. The van der Waals surface area contributed by atoms with Gasteiger partial charge in [0.2, 0.25) is 17.2 Å². The van der Waals surface area contributed by atoms with E-state index in [1.54, 1.807) is 47.4 Å². The van der Waals surface area contributed by atoms with Crippen molar-refractivity contribution in [1.29, 1.82) is 0 Å². The Morgan fingerprint density at radius 1 is 0.854 bits per heavy atom. The van der Waals surface area contributed by atoms with Crippen LogP contribution in [0.25, 0.3) is 5.78 Å². The molecule has 2 aliphatic heterocycles. The number of aromatic nitrogens is 4. The van der Waals surface area contributed by atoms with E-state index in [9.17, 15) is 14.4 Å². The van der Waals surface area contributed by atoms with Gasteiger partial charge in [0.05, 0.1) is 23.2 Å². The van der Waals surface area contributed by atoms with Crippen LogP contribution in [0.4, 0.5) is 0 Å². The first-order chi connectivity index (χ1) is 20.0. The second-order valence-corrected chi connectivity index (χ2v) is 10.9. The number of carbonyl (C=O) groups is 3. The molecular weight excluding hydrogens is 542 g/mol. The van der Waals surface area contributed by atoms with E-state index in [1.807, 2.05) is 36.4 Å². The minimum absolute atomic E-state index is 0.224. The molecule has 1 amide bonds. The second kappa shape index (κ2) is 8.63. The largest absolute Gasteiger partial charge is 0.346 e. The van der Waals surface area contributed by atoms with Crippen LogP contribution in [-0.4, -0.2) is 53.6 Å². The number of carbonyl (C=O) groups excluding carboxylic acids is 3. The lowest BCUT2D eigenvalue weighted by molar-refractivity contribution is -0.0248. The molecule has 0 unspecified atom stereocenters. The summed E-state index contributed by atoms with van der Waals surface area (Å²) in [6.07, 6.45) is 1.91. The number of fused-ring (bicyclic) bond motifs is 6. The van der Waals surface area contributed by atoms with E-state index in [1.165, 1.54) is 17.0 Å². The first-order valence-corrected chi connectivity index (χ1v) is 13.5. The Labute approximate surface area is 238 Å². The molecule has 8 rings (SSSR count). The summed E-state index contributed by atoms with van der Waals surface area (Å²) in [6.45, 7) is 0.224. The smallest absolute Gasteiger partial charge is 0.258 e. The lowest BCUT2D eigenvalue weighted by atomic mass is 9.73. The van der Waals surface area contributed by atoms with Crippen LogP contribution in [0.1, 0.15) is 59.9 Å². The molecule has 0 N–H and O–H groups in total. The molecular formula is C31H20ClN5O4. The summed E-state index contributed by atoms with van der Waals surface area (Å²) >= 11 is 6.47. The highest BCUT2D eigenvalue weighted by molar-refractivity contribution is 6.33. The molecule has 9 nitrogen and oxygen atoms in total. The Morgan fingerprint density at radius 2 is 1.59 bits per heavy atom. The molecule has 3 atom stereocenters. The quantitative estimate of drug-likeness (QED) is 0.299. The molecule has 3 aliphatic rings. The number of ether oxygens (including phenoxy) is 1. The molecule has 0 bridgehead atoms. The van der Waals surface area contributed by atoms with Gasteiger partial charge in [-0.05, 0) is 23.3 Å². The molecule has 10 heteroatoms. The van der Waals surface area contributed by atoms with Crippen molar-refractivity contribution in [1.82, 2.24) is 24.5 Å².